The normalized spacial score (nSPS) is 13.7. The van der Waals surface area contributed by atoms with Crippen molar-refractivity contribution in [2.75, 3.05) is 13.2 Å². The first-order valence-corrected chi connectivity index (χ1v) is 11.4. The number of nitrogens with zero attached hydrogens (tertiary/aromatic N) is 1. The maximum Gasteiger partial charge on any atom is 0.156 e. The van der Waals surface area contributed by atoms with Crippen LogP contribution in [0.3, 0.4) is 0 Å². The highest BCUT2D eigenvalue weighted by molar-refractivity contribution is 6.37. The molecule has 1 aliphatic rings. The topological polar surface area (TPSA) is 34.1 Å². The van der Waals surface area contributed by atoms with Crippen molar-refractivity contribution in [3.05, 3.63) is 69.7 Å². The van der Waals surface area contributed by atoms with Crippen LogP contribution in [0.25, 0.3) is 32.9 Å². The second kappa shape index (κ2) is 8.31. The van der Waals surface area contributed by atoms with E-state index in [1.807, 2.05) is 12.1 Å². The Labute approximate surface area is 192 Å². The van der Waals surface area contributed by atoms with E-state index < -0.39 is 0 Å². The molecule has 0 aliphatic carbocycles. The summed E-state index contributed by atoms with van der Waals surface area (Å²) in [6, 6.07) is 16.6. The Hall–Kier alpha value is -2.33. The Bertz CT molecular complexity index is 1280. The van der Waals surface area contributed by atoms with Gasteiger partial charge in [-0.15, -0.1) is 0 Å². The summed E-state index contributed by atoms with van der Waals surface area (Å²) in [4.78, 5) is 5.10. The van der Waals surface area contributed by atoms with Crippen molar-refractivity contribution in [3.63, 3.8) is 0 Å². The van der Waals surface area contributed by atoms with E-state index in [-0.39, 0.29) is 0 Å². The minimum absolute atomic E-state index is 0.391. The zero-order valence-corrected chi connectivity index (χ0v) is 19.1. The van der Waals surface area contributed by atoms with Gasteiger partial charge in [0, 0.05) is 17.5 Å². The first kappa shape index (κ1) is 20.6. The summed E-state index contributed by atoms with van der Waals surface area (Å²) in [6.07, 6.45) is 0.965. The van der Waals surface area contributed by atoms with Crippen LogP contribution in [0.15, 0.2) is 48.5 Å². The number of hydrogen-bond acceptors (Lipinski definition) is 3. The average Bonchev–Trinajstić information content (AvgIpc) is 2.77. The molecular formula is C26H24Cl2N2O. The summed E-state index contributed by atoms with van der Waals surface area (Å²) >= 11 is 13.2. The summed E-state index contributed by atoms with van der Waals surface area (Å²) < 4.78 is 5.85. The van der Waals surface area contributed by atoms with Crippen LogP contribution in [0.1, 0.15) is 25.0 Å². The number of benzene rings is 3. The first-order valence-electron chi connectivity index (χ1n) is 10.7. The molecule has 158 valence electrons. The number of aromatic nitrogens is 1. The van der Waals surface area contributed by atoms with Crippen molar-refractivity contribution in [1.82, 2.24) is 10.3 Å². The minimum Gasteiger partial charge on any atom is -0.490 e. The van der Waals surface area contributed by atoms with Gasteiger partial charge in [-0.05, 0) is 59.0 Å². The lowest BCUT2D eigenvalue weighted by Crippen LogP contribution is -2.25. The molecule has 2 heterocycles. The Balaban J connectivity index is 1.72. The lowest BCUT2D eigenvalue weighted by molar-refractivity contribution is 0.271. The number of ether oxygens (including phenoxy) is 1. The maximum absolute atomic E-state index is 6.59. The molecule has 1 aliphatic heterocycles. The third-order valence-corrected chi connectivity index (χ3v) is 6.34. The van der Waals surface area contributed by atoms with Crippen molar-refractivity contribution in [3.8, 4) is 17.0 Å². The fourth-order valence-electron chi connectivity index (χ4n) is 4.37. The molecule has 0 amide bonds. The van der Waals surface area contributed by atoms with Crippen LogP contribution in [0.4, 0.5) is 0 Å². The molecular weight excluding hydrogens is 427 g/mol. The zero-order chi connectivity index (χ0) is 21.5. The smallest absolute Gasteiger partial charge is 0.156 e. The molecule has 3 aromatic carbocycles. The first-order chi connectivity index (χ1) is 15.0. The molecule has 0 fully saturated rings. The van der Waals surface area contributed by atoms with Gasteiger partial charge in [0.2, 0.25) is 0 Å². The van der Waals surface area contributed by atoms with Crippen LogP contribution in [0.2, 0.25) is 10.0 Å². The lowest BCUT2D eigenvalue weighted by Gasteiger charge is -2.23. The van der Waals surface area contributed by atoms with Gasteiger partial charge in [0.1, 0.15) is 0 Å². The van der Waals surface area contributed by atoms with Crippen LogP contribution in [0.5, 0.6) is 5.75 Å². The number of hydrogen-bond donors (Lipinski definition) is 1. The zero-order valence-electron chi connectivity index (χ0n) is 17.6. The summed E-state index contributed by atoms with van der Waals surface area (Å²) in [5, 5.41) is 8.29. The molecule has 5 rings (SSSR count). The largest absolute Gasteiger partial charge is 0.490 e. The van der Waals surface area contributed by atoms with Gasteiger partial charge in [-0.3, -0.25) is 0 Å². The molecule has 0 bridgehead atoms. The van der Waals surface area contributed by atoms with E-state index in [0.717, 1.165) is 36.3 Å². The van der Waals surface area contributed by atoms with E-state index >= 15 is 0 Å². The molecule has 0 saturated carbocycles. The molecule has 31 heavy (non-hydrogen) atoms. The Kier molecular flexibility index (Phi) is 5.51. The van der Waals surface area contributed by atoms with Crippen LogP contribution in [0, 0.1) is 5.92 Å². The molecule has 0 unspecified atom stereocenters. The average molecular weight is 451 g/mol. The Morgan fingerprint density at radius 3 is 2.58 bits per heavy atom. The highest BCUT2D eigenvalue weighted by Crippen LogP contribution is 2.41. The van der Waals surface area contributed by atoms with E-state index in [0.29, 0.717) is 28.3 Å². The van der Waals surface area contributed by atoms with E-state index in [4.69, 9.17) is 32.9 Å². The maximum atomic E-state index is 6.59. The van der Waals surface area contributed by atoms with Gasteiger partial charge in [-0.1, -0.05) is 67.4 Å². The van der Waals surface area contributed by atoms with Gasteiger partial charge < -0.3 is 10.1 Å². The molecule has 5 heteroatoms. The van der Waals surface area contributed by atoms with E-state index in [1.165, 1.54) is 27.3 Å². The number of rotatable bonds is 4. The van der Waals surface area contributed by atoms with Crippen LogP contribution < -0.4 is 10.1 Å². The fourth-order valence-corrected chi connectivity index (χ4v) is 4.96. The molecule has 0 spiro atoms. The highest BCUT2D eigenvalue weighted by Gasteiger charge is 2.22. The molecule has 3 nitrogen and oxygen atoms in total. The van der Waals surface area contributed by atoms with Crippen molar-refractivity contribution in [1.29, 1.82) is 0 Å². The summed E-state index contributed by atoms with van der Waals surface area (Å²) in [7, 11) is 0. The fraction of sp³-hybridized carbons (Fsp3) is 0.269. The lowest BCUT2D eigenvalue weighted by atomic mass is 9.90. The van der Waals surface area contributed by atoms with E-state index in [1.54, 1.807) is 0 Å². The molecule has 1 aromatic heterocycles. The van der Waals surface area contributed by atoms with Gasteiger partial charge in [-0.25, -0.2) is 4.98 Å². The quantitative estimate of drug-likeness (QED) is 0.338. The molecule has 0 atom stereocenters. The predicted octanol–water partition coefficient (Wildman–Crippen LogP) is 7.04. The summed E-state index contributed by atoms with van der Waals surface area (Å²) in [5.74, 6) is 0.932. The Morgan fingerprint density at radius 2 is 1.81 bits per heavy atom. The van der Waals surface area contributed by atoms with Crippen molar-refractivity contribution < 1.29 is 4.74 Å². The van der Waals surface area contributed by atoms with E-state index in [2.05, 4.69) is 55.6 Å². The summed E-state index contributed by atoms with van der Waals surface area (Å²) in [5.41, 5.74) is 5.44. The molecule has 0 saturated heterocycles. The number of pyridine rings is 1. The van der Waals surface area contributed by atoms with Crippen molar-refractivity contribution in [2.45, 2.75) is 26.8 Å². The van der Waals surface area contributed by atoms with Crippen molar-refractivity contribution >= 4 is 44.9 Å². The second-order valence-electron chi connectivity index (χ2n) is 8.50. The van der Waals surface area contributed by atoms with Gasteiger partial charge in [0.25, 0.3) is 0 Å². The monoisotopic (exact) mass is 450 g/mol. The molecule has 1 N–H and O–H groups in total. The van der Waals surface area contributed by atoms with Crippen LogP contribution >= 0.6 is 23.2 Å². The minimum atomic E-state index is 0.391. The highest BCUT2D eigenvalue weighted by atomic mass is 35.5. The standard InChI is InChI=1S/C26H24Cl2N2O/c1-15(2)14-31-26-21(27)11-17(12-22(26)28)25-20-13-29-10-9-19(20)24-18-6-4-3-5-16(18)7-8-23(24)30-25/h3-8,11-12,15,29H,9-10,13-14H2,1-2H3. The molecule has 0 radical (unpaired) electrons. The van der Waals surface area contributed by atoms with E-state index in [9.17, 15) is 0 Å². The van der Waals surface area contributed by atoms with Gasteiger partial charge in [0.15, 0.2) is 5.75 Å². The van der Waals surface area contributed by atoms with Gasteiger partial charge in [0.05, 0.1) is 27.9 Å². The van der Waals surface area contributed by atoms with Gasteiger partial charge in [-0.2, -0.15) is 0 Å². The van der Waals surface area contributed by atoms with Crippen LogP contribution in [-0.4, -0.2) is 18.1 Å². The Morgan fingerprint density at radius 1 is 1.03 bits per heavy atom. The number of halogens is 2. The number of fused-ring (bicyclic) bond motifs is 5. The van der Waals surface area contributed by atoms with Gasteiger partial charge >= 0.3 is 0 Å². The number of nitrogens with one attached hydrogen (secondary N) is 1. The predicted molar refractivity (Wildman–Crippen MR) is 130 cm³/mol. The third kappa shape index (κ3) is 3.76. The second-order valence-corrected chi connectivity index (χ2v) is 9.31. The SMILES string of the molecule is CC(C)COc1c(Cl)cc(-c2nc3ccc4ccccc4c3c3c2CNCC3)cc1Cl. The molecule has 4 aromatic rings. The summed E-state index contributed by atoms with van der Waals surface area (Å²) in [6.45, 7) is 6.49. The van der Waals surface area contributed by atoms with Crippen molar-refractivity contribution in [2.24, 2.45) is 5.92 Å². The third-order valence-electron chi connectivity index (χ3n) is 5.78. The van der Waals surface area contributed by atoms with Crippen LogP contribution in [-0.2, 0) is 13.0 Å².